The summed E-state index contributed by atoms with van der Waals surface area (Å²) in [5.74, 6) is -0.596. The van der Waals surface area contributed by atoms with E-state index in [1.165, 1.54) is 26.2 Å². The van der Waals surface area contributed by atoms with Crippen molar-refractivity contribution < 1.29 is 28.2 Å². The van der Waals surface area contributed by atoms with E-state index < -0.39 is 11.8 Å². The second kappa shape index (κ2) is 8.10. The van der Waals surface area contributed by atoms with Gasteiger partial charge in [-0.25, -0.2) is 9.18 Å². The second-order valence-corrected chi connectivity index (χ2v) is 4.91. The van der Waals surface area contributed by atoms with Crippen molar-refractivity contribution in [3.8, 4) is 11.5 Å². The van der Waals surface area contributed by atoms with Crippen LogP contribution in [0.4, 0.5) is 4.39 Å². The molecule has 126 valence electrons. The van der Waals surface area contributed by atoms with Gasteiger partial charge in [-0.3, -0.25) is 4.79 Å². The van der Waals surface area contributed by atoms with E-state index >= 15 is 0 Å². The number of Topliss-reactive ketones (excluding diaryl/α,β-unsaturated/α-hetero) is 1. The molecule has 0 aromatic heterocycles. The van der Waals surface area contributed by atoms with Crippen LogP contribution in [0.1, 0.15) is 27.6 Å². The lowest BCUT2D eigenvalue weighted by Crippen LogP contribution is -2.10. The van der Waals surface area contributed by atoms with Crippen molar-refractivity contribution >= 4 is 11.8 Å². The lowest BCUT2D eigenvalue weighted by Gasteiger charge is -2.10. The fourth-order valence-corrected chi connectivity index (χ4v) is 2.02. The molecule has 2 rings (SSSR count). The first-order valence-corrected chi connectivity index (χ1v) is 7.25. The Morgan fingerprint density at radius 3 is 2.25 bits per heavy atom. The van der Waals surface area contributed by atoms with Crippen molar-refractivity contribution in [2.24, 2.45) is 0 Å². The highest BCUT2D eigenvalue weighted by Crippen LogP contribution is 2.18. The number of hydrogen-bond donors (Lipinski definition) is 0. The van der Waals surface area contributed by atoms with Crippen molar-refractivity contribution in [3.63, 3.8) is 0 Å². The molecule has 0 aliphatic carbocycles. The Bertz CT molecular complexity index is 742. The molecule has 0 saturated carbocycles. The molecule has 24 heavy (non-hydrogen) atoms. The van der Waals surface area contributed by atoms with Crippen LogP contribution in [0.15, 0.2) is 42.5 Å². The number of halogens is 1. The summed E-state index contributed by atoms with van der Waals surface area (Å²) < 4.78 is 29.1. The van der Waals surface area contributed by atoms with Gasteiger partial charge in [0.25, 0.3) is 0 Å². The topological polar surface area (TPSA) is 61.8 Å². The van der Waals surface area contributed by atoms with Gasteiger partial charge in [0.15, 0.2) is 5.78 Å². The van der Waals surface area contributed by atoms with Gasteiger partial charge >= 0.3 is 5.97 Å². The Hall–Kier alpha value is -2.89. The standard InChI is InChI=1S/C18H17FO5/c1-12(20)16-7-6-15(11-17(16)19)24-9-8-23-14-5-3-4-13(10-14)18(21)22-2/h3-7,10-11H,8-9H2,1-2H3. The van der Waals surface area contributed by atoms with Gasteiger partial charge in [0.1, 0.15) is 30.5 Å². The molecule has 0 spiro atoms. The number of esters is 1. The molecule has 0 bridgehead atoms. The number of benzene rings is 2. The van der Waals surface area contributed by atoms with E-state index in [0.717, 1.165) is 6.07 Å². The third-order valence-corrected chi connectivity index (χ3v) is 3.20. The van der Waals surface area contributed by atoms with Crippen molar-refractivity contribution in [1.82, 2.24) is 0 Å². The lowest BCUT2D eigenvalue weighted by atomic mass is 10.1. The number of rotatable bonds is 7. The van der Waals surface area contributed by atoms with E-state index in [0.29, 0.717) is 17.1 Å². The van der Waals surface area contributed by atoms with Crippen LogP contribution in [0, 0.1) is 5.82 Å². The zero-order valence-electron chi connectivity index (χ0n) is 13.4. The number of ketones is 1. The van der Waals surface area contributed by atoms with Gasteiger partial charge in [-0.1, -0.05) is 6.07 Å². The SMILES string of the molecule is COC(=O)c1cccc(OCCOc2ccc(C(C)=O)c(F)c2)c1. The van der Waals surface area contributed by atoms with Crippen LogP contribution >= 0.6 is 0 Å². The van der Waals surface area contributed by atoms with E-state index in [-0.39, 0.29) is 24.6 Å². The van der Waals surface area contributed by atoms with Crippen molar-refractivity contribution in [3.05, 3.63) is 59.4 Å². The van der Waals surface area contributed by atoms with Gasteiger partial charge < -0.3 is 14.2 Å². The van der Waals surface area contributed by atoms with Gasteiger partial charge in [-0.2, -0.15) is 0 Å². The first-order valence-electron chi connectivity index (χ1n) is 7.25. The minimum atomic E-state index is -0.619. The van der Waals surface area contributed by atoms with Crippen LogP contribution in [-0.2, 0) is 4.74 Å². The van der Waals surface area contributed by atoms with E-state index in [2.05, 4.69) is 4.74 Å². The zero-order chi connectivity index (χ0) is 17.5. The van der Waals surface area contributed by atoms with Gasteiger partial charge in [-0.05, 0) is 37.3 Å². The van der Waals surface area contributed by atoms with Crippen LogP contribution in [0.5, 0.6) is 11.5 Å². The molecule has 0 amide bonds. The van der Waals surface area contributed by atoms with Crippen molar-refractivity contribution in [2.75, 3.05) is 20.3 Å². The van der Waals surface area contributed by atoms with Crippen molar-refractivity contribution in [1.29, 1.82) is 0 Å². The summed E-state index contributed by atoms with van der Waals surface area (Å²) in [5, 5.41) is 0. The van der Waals surface area contributed by atoms with Crippen LogP contribution in [0.3, 0.4) is 0 Å². The third-order valence-electron chi connectivity index (χ3n) is 3.20. The summed E-state index contributed by atoms with van der Waals surface area (Å²) in [4.78, 5) is 22.6. The minimum Gasteiger partial charge on any atom is -0.490 e. The fraction of sp³-hybridized carbons (Fsp3) is 0.222. The number of ether oxygens (including phenoxy) is 3. The largest absolute Gasteiger partial charge is 0.490 e. The maximum absolute atomic E-state index is 13.7. The summed E-state index contributed by atoms with van der Waals surface area (Å²) in [6.07, 6.45) is 0. The van der Waals surface area contributed by atoms with E-state index in [9.17, 15) is 14.0 Å². The quantitative estimate of drug-likeness (QED) is 0.442. The number of carbonyl (C=O) groups is 2. The molecule has 0 atom stereocenters. The van der Waals surface area contributed by atoms with Gasteiger partial charge in [0.2, 0.25) is 0 Å². The summed E-state index contributed by atoms with van der Waals surface area (Å²) in [6, 6.07) is 10.6. The Labute approximate surface area is 139 Å². The van der Waals surface area contributed by atoms with Crippen molar-refractivity contribution in [2.45, 2.75) is 6.92 Å². The average Bonchev–Trinajstić information content (AvgIpc) is 2.58. The Morgan fingerprint density at radius 1 is 1.00 bits per heavy atom. The molecule has 0 aliphatic heterocycles. The first kappa shape index (κ1) is 17.5. The van der Waals surface area contributed by atoms with E-state index in [1.807, 2.05) is 0 Å². The predicted molar refractivity (Wildman–Crippen MR) is 85.2 cm³/mol. The van der Waals surface area contributed by atoms with Crippen LogP contribution in [-0.4, -0.2) is 32.1 Å². The predicted octanol–water partition coefficient (Wildman–Crippen LogP) is 3.27. The summed E-state index contributed by atoms with van der Waals surface area (Å²) >= 11 is 0. The monoisotopic (exact) mass is 332 g/mol. The fourth-order valence-electron chi connectivity index (χ4n) is 2.02. The average molecular weight is 332 g/mol. The first-order chi connectivity index (χ1) is 11.5. The molecule has 0 fully saturated rings. The summed E-state index contributed by atoms with van der Waals surface area (Å²) in [5.41, 5.74) is 0.413. The number of hydrogen-bond acceptors (Lipinski definition) is 5. The van der Waals surface area contributed by atoms with Crippen LogP contribution in [0.2, 0.25) is 0 Å². The molecule has 0 saturated heterocycles. The van der Waals surface area contributed by atoms with E-state index in [1.54, 1.807) is 24.3 Å². The van der Waals surface area contributed by atoms with Gasteiger partial charge in [0, 0.05) is 6.07 Å². The Kier molecular flexibility index (Phi) is 5.89. The molecule has 6 heteroatoms. The Morgan fingerprint density at radius 2 is 1.67 bits per heavy atom. The van der Waals surface area contributed by atoms with E-state index in [4.69, 9.17) is 9.47 Å². The molecule has 2 aromatic carbocycles. The lowest BCUT2D eigenvalue weighted by molar-refractivity contribution is 0.0600. The second-order valence-electron chi connectivity index (χ2n) is 4.91. The molecule has 0 unspecified atom stereocenters. The normalized spacial score (nSPS) is 10.1. The molecule has 0 heterocycles. The highest BCUT2D eigenvalue weighted by molar-refractivity contribution is 5.94. The molecule has 5 nitrogen and oxygen atoms in total. The molecular weight excluding hydrogens is 315 g/mol. The zero-order valence-corrected chi connectivity index (χ0v) is 13.4. The van der Waals surface area contributed by atoms with Gasteiger partial charge in [-0.15, -0.1) is 0 Å². The van der Waals surface area contributed by atoms with Crippen LogP contribution in [0.25, 0.3) is 0 Å². The molecular formula is C18H17FO5. The molecule has 0 radical (unpaired) electrons. The summed E-state index contributed by atoms with van der Waals surface area (Å²) in [7, 11) is 1.31. The summed E-state index contributed by atoms with van der Waals surface area (Å²) in [6.45, 7) is 1.69. The van der Waals surface area contributed by atoms with Crippen LogP contribution < -0.4 is 9.47 Å². The maximum Gasteiger partial charge on any atom is 0.337 e. The Balaban J connectivity index is 1.86. The highest BCUT2D eigenvalue weighted by atomic mass is 19.1. The maximum atomic E-state index is 13.7. The third kappa shape index (κ3) is 4.55. The molecule has 0 N–H and O–H groups in total. The number of carbonyl (C=O) groups excluding carboxylic acids is 2. The number of methoxy groups -OCH3 is 1. The highest BCUT2D eigenvalue weighted by Gasteiger charge is 2.09. The smallest absolute Gasteiger partial charge is 0.337 e. The molecule has 2 aromatic rings. The van der Waals surface area contributed by atoms with Gasteiger partial charge in [0.05, 0.1) is 18.2 Å². The minimum absolute atomic E-state index is 0.0261. The molecule has 0 aliphatic rings.